The minimum atomic E-state index is -0.220. The number of ether oxygens (including phenoxy) is 1. The number of carbonyl (C=O) groups excluding carboxylic acids is 1. The first-order valence-corrected chi connectivity index (χ1v) is 9.41. The lowest BCUT2D eigenvalue weighted by Gasteiger charge is -2.05. The molecule has 0 aromatic heterocycles. The van der Waals surface area contributed by atoms with Crippen LogP contribution in [0.25, 0.3) is 0 Å². The van der Waals surface area contributed by atoms with Crippen LogP contribution >= 0.6 is 0 Å². The van der Waals surface area contributed by atoms with Crippen LogP contribution in [0.15, 0.2) is 34.9 Å². The van der Waals surface area contributed by atoms with Gasteiger partial charge in [0.1, 0.15) is 6.61 Å². The normalized spacial score (nSPS) is 13.5. The van der Waals surface area contributed by atoms with Gasteiger partial charge in [0.25, 0.3) is 0 Å². The topological polar surface area (TPSA) is 26.3 Å². The zero-order valence-electron chi connectivity index (χ0n) is 16.8. The Hall–Kier alpha value is -1.31. The van der Waals surface area contributed by atoms with Crippen LogP contribution in [0.1, 0.15) is 86.5 Å². The molecule has 0 spiro atoms. The second-order valence-corrected chi connectivity index (χ2v) is 7.32. The molecule has 0 aromatic carbocycles. The highest BCUT2D eigenvalue weighted by Gasteiger charge is 1.96. The van der Waals surface area contributed by atoms with Crippen molar-refractivity contribution in [2.45, 2.75) is 86.5 Å². The quantitative estimate of drug-likeness (QED) is 0.290. The van der Waals surface area contributed by atoms with Crippen molar-refractivity contribution in [3.63, 3.8) is 0 Å². The van der Waals surface area contributed by atoms with Crippen molar-refractivity contribution in [2.24, 2.45) is 5.92 Å². The van der Waals surface area contributed by atoms with Gasteiger partial charge in [0, 0.05) is 6.92 Å². The number of carbonyl (C=O) groups is 1. The minimum absolute atomic E-state index is 0.220. The van der Waals surface area contributed by atoms with Crippen molar-refractivity contribution in [2.75, 3.05) is 6.61 Å². The van der Waals surface area contributed by atoms with Crippen molar-refractivity contribution >= 4 is 5.97 Å². The number of allylic oxidation sites excluding steroid dienone is 5. The van der Waals surface area contributed by atoms with Gasteiger partial charge in [-0.25, -0.2) is 0 Å². The molecule has 24 heavy (non-hydrogen) atoms. The summed E-state index contributed by atoms with van der Waals surface area (Å²) in [6.45, 7) is 13.0. The molecule has 0 bridgehead atoms. The lowest BCUT2D eigenvalue weighted by molar-refractivity contribution is -0.139. The lowest BCUT2D eigenvalue weighted by atomic mass is 10.0. The van der Waals surface area contributed by atoms with Gasteiger partial charge in [0.05, 0.1) is 0 Å². The fourth-order valence-corrected chi connectivity index (χ4v) is 2.49. The molecule has 0 N–H and O–H groups in total. The van der Waals surface area contributed by atoms with E-state index in [4.69, 9.17) is 4.74 Å². The van der Waals surface area contributed by atoms with Crippen LogP contribution < -0.4 is 0 Å². The van der Waals surface area contributed by atoms with Crippen molar-refractivity contribution in [1.29, 1.82) is 0 Å². The van der Waals surface area contributed by atoms with Crippen LogP contribution in [0.5, 0.6) is 0 Å². The summed E-state index contributed by atoms with van der Waals surface area (Å²) in [6, 6.07) is 0. The first kappa shape index (κ1) is 22.7. The predicted molar refractivity (Wildman–Crippen MR) is 105 cm³/mol. The molecule has 0 radical (unpaired) electrons. The highest BCUT2D eigenvalue weighted by atomic mass is 16.5. The van der Waals surface area contributed by atoms with Crippen LogP contribution in [-0.2, 0) is 9.53 Å². The van der Waals surface area contributed by atoms with Crippen LogP contribution in [0.3, 0.4) is 0 Å². The fraction of sp³-hybridized carbons (Fsp3) is 0.682. The molecule has 0 atom stereocenters. The summed E-state index contributed by atoms with van der Waals surface area (Å²) in [5.74, 6) is 0.594. The number of hydrogen-bond acceptors (Lipinski definition) is 2. The van der Waals surface area contributed by atoms with E-state index in [1.54, 1.807) is 0 Å². The van der Waals surface area contributed by atoms with E-state index in [0.717, 1.165) is 31.6 Å². The molecule has 138 valence electrons. The van der Waals surface area contributed by atoms with Crippen molar-refractivity contribution in [1.82, 2.24) is 0 Å². The summed E-state index contributed by atoms with van der Waals surface area (Å²) in [7, 11) is 0. The molecule has 0 aromatic rings. The number of rotatable bonds is 12. The van der Waals surface area contributed by atoms with E-state index < -0.39 is 0 Å². The van der Waals surface area contributed by atoms with E-state index >= 15 is 0 Å². The summed E-state index contributed by atoms with van der Waals surface area (Å²) < 4.78 is 4.92. The Balaban J connectivity index is 3.92. The van der Waals surface area contributed by atoms with Gasteiger partial charge in [0.2, 0.25) is 0 Å². The molecule has 0 unspecified atom stereocenters. The molecule has 0 aliphatic heterocycles. The van der Waals surface area contributed by atoms with Crippen LogP contribution in [0.4, 0.5) is 0 Å². The molecule has 2 nitrogen and oxygen atoms in total. The molecule has 0 saturated heterocycles. The lowest BCUT2D eigenvalue weighted by Crippen LogP contribution is -1.98. The Morgan fingerprint density at radius 1 is 0.833 bits per heavy atom. The molecule has 0 aliphatic rings. The third-order valence-electron chi connectivity index (χ3n) is 4.13. The van der Waals surface area contributed by atoms with Crippen LogP contribution in [0, 0.1) is 5.92 Å². The number of esters is 1. The molecule has 2 heteroatoms. The molecular formula is C22H38O2. The average molecular weight is 335 g/mol. The van der Waals surface area contributed by atoms with E-state index in [2.05, 4.69) is 46.8 Å². The Kier molecular flexibility index (Phi) is 13.3. The van der Waals surface area contributed by atoms with Gasteiger partial charge in [-0.1, -0.05) is 49.1 Å². The third-order valence-corrected chi connectivity index (χ3v) is 4.13. The first-order chi connectivity index (χ1) is 11.3. The standard InChI is InChI=1S/C22H38O2/c1-18(2)10-7-11-19(3)12-8-13-20(4)14-9-15-21(5)16-17-24-22(6)23/h12,14,16,18H,7-11,13,15,17H2,1-6H3/b19-12+,20-14?,21-16+. The average Bonchev–Trinajstić information content (AvgIpc) is 2.46. The molecule has 0 rings (SSSR count). The van der Waals surface area contributed by atoms with Gasteiger partial charge < -0.3 is 4.74 Å². The van der Waals surface area contributed by atoms with Gasteiger partial charge >= 0.3 is 5.97 Å². The molecule has 0 heterocycles. The molecular weight excluding hydrogens is 296 g/mol. The van der Waals surface area contributed by atoms with Gasteiger partial charge in [0.15, 0.2) is 0 Å². The second-order valence-electron chi connectivity index (χ2n) is 7.32. The summed E-state index contributed by atoms with van der Waals surface area (Å²) in [4.78, 5) is 10.7. The SMILES string of the molecule is CC(=O)OC/C=C(\C)CCC=C(C)CC/C=C(\C)CCCC(C)C. The van der Waals surface area contributed by atoms with E-state index in [0.29, 0.717) is 6.61 Å². The van der Waals surface area contributed by atoms with Crippen LogP contribution in [-0.4, -0.2) is 12.6 Å². The zero-order chi connectivity index (χ0) is 18.4. The summed E-state index contributed by atoms with van der Waals surface area (Å²) >= 11 is 0. The largest absolute Gasteiger partial charge is 0.462 e. The monoisotopic (exact) mass is 334 g/mol. The second kappa shape index (κ2) is 14.1. The maximum absolute atomic E-state index is 10.7. The van der Waals surface area contributed by atoms with E-state index in [1.165, 1.54) is 42.9 Å². The molecule has 0 amide bonds. The van der Waals surface area contributed by atoms with Crippen molar-refractivity contribution in [3.8, 4) is 0 Å². The van der Waals surface area contributed by atoms with Crippen LogP contribution in [0.2, 0.25) is 0 Å². The van der Waals surface area contributed by atoms with E-state index in [-0.39, 0.29) is 5.97 Å². The van der Waals surface area contributed by atoms with E-state index in [9.17, 15) is 4.79 Å². The van der Waals surface area contributed by atoms with Gasteiger partial charge in [-0.15, -0.1) is 0 Å². The smallest absolute Gasteiger partial charge is 0.302 e. The van der Waals surface area contributed by atoms with E-state index in [1.807, 2.05) is 6.08 Å². The molecule has 0 saturated carbocycles. The summed E-state index contributed by atoms with van der Waals surface area (Å²) in [5.41, 5.74) is 4.28. The maximum atomic E-state index is 10.7. The summed E-state index contributed by atoms with van der Waals surface area (Å²) in [6.07, 6.45) is 15.0. The Morgan fingerprint density at radius 3 is 1.83 bits per heavy atom. The zero-order valence-corrected chi connectivity index (χ0v) is 16.8. The van der Waals surface area contributed by atoms with Crippen molar-refractivity contribution in [3.05, 3.63) is 34.9 Å². The van der Waals surface area contributed by atoms with Gasteiger partial charge in [-0.2, -0.15) is 0 Å². The Bertz CT molecular complexity index is 439. The maximum Gasteiger partial charge on any atom is 0.302 e. The third kappa shape index (κ3) is 15.6. The van der Waals surface area contributed by atoms with Crippen molar-refractivity contribution < 1.29 is 9.53 Å². The number of hydrogen-bond donors (Lipinski definition) is 0. The summed E-state index contributed by atoms with van der Waals surface area (Å²) in [5, 5.41) is 0. The predicted octanol–water partition coefficient (Wildman–Crippen LogP) is 6.78. The first-order valence-electron chi connectivity index (χ1n) is 9.41. The highest BCUT2D eigenvalue weighted by Crippen LogP contribution is 2.15. The van der Waals surface area contributed by atoms with Gasteiger partial charge in [-0.05, 0) is 71.3 Å². The highest BCUT2D eigenvalue weighted by molar-refractivity contribution is 5.66. The Labute approximate surface area is 150 Å². The van der Waals surface area contributed by atoms with Gasteiger partial charge in [-0.3, -0.25) is 4.79 Å². The Morgan fingerprint density at radius 2 is 1.33 bits per heavy atom. The minimum Gasteiger partial charge on any atom is -0.462 e. The fourth-order valence-electron chi connectivity index (χ4n) is 2.49. The molecule has 0 fully saturated rings. The molecule has 0 aliphatic carbocycles.